The summed E-state index contributed by atoms with van der Waals surface area (Å²) in [5, 5.41) is 0. The highest BCUT2D eigenvalue weighted by atomic mass is 16.5. The summed E-state index contributed by atoms with van der Waals surface area (Å²) in [6.45, 7) is 2.95. The van der Waals surface area contributed by atoms with Crippen molar-refractivity contribution in [2.75, 3.05) is 20.2 Å². The van der Waals surface area contributed by atoms with Crippen LogP contribution in [-0.4, -0.2) is 31.1 Å². The zero-order valence-corrected chi connectivity index (χ0v) is 9.15. The standard InChI is InChI=1S/C12H18N2O/c1-15-12-4-2-10(3-5-12)9-14-7-6-11(14)8-13/h2-5,11H,6-9,13H2,1H3/t11-/m1/s1. The second kappa shape index (κ2) is 4.64. The summed E-state index contributed by atoms with van der Waals surface area (Å²) >= 11 is 0. The fourth-order valence-electron chi connectivity index (χ4n) is 1.93. The molecule has 1 aromatic carbocycles. The molecule has 0 saturated carbocycles. The Bertz CT molecular complexity index is 308. The first-order valence-corrected chi connectivity index (χ1v) is 5.40. The number of nitrogens with two attached hydrogens (primary N) is 1. The SMILES string of the molecule is COc1ccc(CN2CC[C@@H]2CN)cc1. The van der Waals surface area contributed by atoms with Crippen LogP contribution in [0.3, 0.4) is 0 Å². The molecule has 0 bridgehead atoms. The van der Waals surface area contributed by atoms with Crippen LogP contribution in [0.5, 0.6) is 5.75 Å². The van der Waals surface area contributed by atoms with Gasteiger partial charge in [0.25, 0.3) is 0 Å². The molecule has 0 unspecified atom stereocenters. The van der Waals surface area contributed by atoms with Crippen LogP contribution in [-0.2, 0) is 6.54 Å². The summed E-state index contributed by atoms with van der Waals surface area (Å²) < 4.78 is 5.12. The predicted octanol–water partition coefficient (Wildman–Crippen LogP) is 1.23. The van der Waals surface area contributed by atoms with E-state index in [0.29, 0.717) is 6.04 Å². The summed E-state index contributed by atoms with van der Waals surface area (Å²) in [5.41, 5.74) is 6.99. The Labute approximate surface area is 90.8 Å². The van der Waals surface area contributed by atoms with Gasteiger partial charge in [0.05, 0.1) is 7.11 Å². The topological polar surface area (TPSA) is 38.5 Å². The molecule has 0 amide bonds. The molecule has 1 saturated heterocycles. The number of nitrogens with zero attached hydrogens (tertiary/aromatic N) is 1. The van der Waals surface area contributed by atoms with Gasteiger partial charge in [-0.3, -0.25) is 4.90 Å². The minimum Gasteiger partial charge on any atom is -0.497 e. The molecule has 0 aliphatic carbocycles. The average Bonchev–Trinajstić information content (AvgIpc) is 2.26. The number of rotatable bonds is 4. The molecule has 15 heavy (non-hydrogen) atoms. The fraction of sp³-hybridized carbons (Fsp3) is 0.500. The average molecular weight is 206 g/mol. The number of ether oxygens (including phenoxy) is 1. The van der Waals surface area contributed by atoms with Crippen LogP contribution in [0.15, 0.2) is 24.3 Å². The van der Waals surface area contributed by atoms with Crippen molar-refractivity contribution >= 4 is 0 Å². The largest absolute Gasteiger partial charge is 0.497 e. The molecule has 2 N–H and O–H groups in total. The first-order valence-electron chi connectivity index (χ1n) is 5.40. The van der Waals surface area contributed by atoms with Crippen LogP contribution in [0.25, 0.3) is 0 Å². The Morgan fingerprint density at radius 3 is 2.60 bits per heavy atom. The summed E-state index contributed by atoms with van der Waals surface area (Å²) in [7, 11) is 1.69. The maximum absolute atomic E-state index is 5.66. The molecule has 3 nitrogen and oxygen atoms in total. The minimum atomic E-state index is 0.590. The van der Waals surface area contributed by atoms with Crippen molar-refractivity contribution in [3.05, 3.63) is 29.8 Å². The Balaban J connectivity index is 1.93. The molecule has 1 aliphatic heterocycles. The Morgan fingerprint density at radius 2 is 2.13 bits per heavy atom. The predicted molar refractivity (Wildman–Crippen MR) is 60.9 cm³/mol. The molecule has 1 fully saturated rings. The molecule has 82 valence electrons. The zero-order valence-electron chi connectivity index (χ0n) is 9.15. The monoisotopic (exact) mass is 206 g/mol. The van der Waals surface area contributed by atoms with Gasteiger partial charge in [-0.25, -0.2) is 0 Å². The lowest BCUT2D eigenvalue weighted by molar-refractivity contribution is 0.0882. The number of hydrogen-bond acceptors (Lipinski definition) is 3. The van der Waals surface area contributed by atoms with E-state index in [-0.39, 0.29) is 0 Å². The van der Waals surface area contributed by atoms with Crippen molar-refractivity contribution in [2.45, 2.75) is 19.0 Å². The number of hydrogen-bond donors (Lipinski definition) is 1. The zero-order chi connectivity index (χ0) is 10.7. The van der Waals surface area contributed by atoms with Crippen LogP contribution in [0.2, 0.25) is 0 Å². The van der Waals surface area contributed by atoms with Crippen molar-refractivity contribution in [1.29, 1.82) is 0 Å². The van der Waals surface area contributed by atoms with Crippen molar-refractivity contribution < 1.29 is 4.74 Å². The molecular formula is C12H18N2O. The van der Waals surface area contributed by atoms with E-state index in [4.69, 9.17) is 10.5 Å². The number of methoxy groups -OCH3 is 1. The molecule has 0 aromatic heterocycles. The van der Waals surface area contributed by atoms with Crippen LogP contribution in [0.1, 0.15) is 12.0 Å². The van der Waals surface area contributed by atoms with Crippen LogP contribution >= 0.6 is 0 Å². The smallest absolute Gasteiger partial charge is 0.118 e. The van der Waals surface area contributed by atoms with Gasteiger partial charge in [-0.15, -0.1) is 0 Å². The van der Waals surface area contributed by atoms with Gasteiger partial charge < -0.3 is 10.5 Å². The molecule has 1 heterocycles. The van der Waals surface area contributed by atoms with Crippen molar-refractivity contribution in [3.8, 4) is 5.75 Å². The Kier molecular flexibility index (Phi) is 3.23. The van der Waals surface area contributed by atoms with Gasteiger partial charge in [-0.2, -0.15) is 0 Å². The second-order valence-electron chi connectivity index (χ2n) is 4.00. The molecule has 3 heteroatoms. The first-order chi connectivity index (χ1) is 7.33. The highest BCUT2D eigenvalue weighted by molar-refractivity contribution is 5.27. The second-order valence-corrected chi connectivity index (χ2v) is 4.00. The molecule has 1 aromatic rings. The van der Waals surface area contributed by atoms with E-state index < -0.39 is 0 Å². The maximum Gasteiger partial charge on any atom is 0.118 e. The van der Waals surface area contributed by atoms with Crippen LogP contribution in [0.4, 0.5) is 0 Å². The highest BCUT2D eigenvalue weighted by Gasteiger charge is 2.25. The lowest BCUT2D eigenvalue weighted by Gasteiger charge is -2.40. The van der Waals surface area contributed by atoms with Crippen molar-refractivity contribution in [1.82, 2.24) is 4.90 Å². The third-order valence-corrected chi connectivity index (χ3v) is 3.08. The van der Waals surface area contributed by atoms with Gasteiger partial charge in [0.15, 0.2) is 0 Å². The van der Waals surface area contributed by atoms with Gasteiger partial charge in [-0.1, -0.05) is 12.1 Å². The van der Waals surface area contributed by atoms with Gasteiger partial charge in [0.1, 0.15) is 5.75 Å². The van der Waals surface area contributed by atoms with E-state index in [9.17, 15) is 0 Å². The maximum atomic E-state index is 5.66. The summed E-state index contributed by atoms with van der Waals surface area (Å²) in [6, 6.07) is 8.83. The fourth-order valence-corrected chi connectivity index (χ4v) is 1.93. The number of benzene rings is 1. The van der Waals surface area contributed by atoms with E-state index >= 15 is 0 Å². The third kappa shape index (κ3) is 2.30. The summed E-state index contributed by atoms with van der Waals surface area (Å²) in [5.74, 6) is 0.915. The Hall–Kier alpha value is -1.06. The molecule has 1 atom stereocenters. The normalized spacial score (nSPS) is 21.1. The lowest BCUT2D eigenvalue weighted by Crippen LogP contribution is -2.50. The quantitative estimate of drug-likeness (QED) is 0.805. The summed E-state index contributed by atoms with van der Waals surface area (Å²) in [4.78, 5) is 2.42. The minimum absolute atomic E-state index is 0.590. The first kappa shape index (κ1) is 10.5. The summed E-state index contributed by atoms with van der Waals surface area (Å²) in [6.07, 6.45) is 1.24. The lowest BCUT2D eigenvalue weighted by atomic mass is 10.0. The van der Waals surface area contributed by atoms with E-state index in [1.165, 1.54) is 18.5 Å². The molecular weight excluding hydrogens is 188 g/mol. The Morgan fingerprint density at radius 1 is 1.40 bits per heavy atom. The molecule has 2 rings (SSSR count). The van der Waals surface area contributed by atoms with E-state index in [1.807, 2.05) is 12.1 Å². The van der Waals surface area contributed by atoms with Gasteiger partial charge in [0, 0.05) is 25.7 Å². The van der Waals surface area contributed by atoms with E-state index in [0.717, 1.165) is 18.8 Å². The van der Waals surface area contributed by atoms with Gasteiger partial charge in [-0.05, 0) is 24.1 Å². The van der Waals surface area contributed by atoms with E-state index in [1.54, 1.807) is 7.11 Å². The van der Waals surface area contributed by atoms with Crippen molar-refractivity contribution in [2.24, 2.45) is 5.73 Å². The number of likely N-dealkylation sites (tertiary alicyclic amines) is 1. The van der Waals surface area contributed by atoms with E-state index in [2.05, 4.69) is 17.0 Å². The molecule has 0 radical (unpaired) electrons. The van der Waals surface area contributed by atoms with Crippen molar-refractivity contribution in [3.63, 3.8) is 0 Å². The molecule has 0 spiro atoms. The highest BCUT2D eigenvalue weighted by Crippen LogP contribution is 2.20. The van der Waals surface area contributed by atoms with Gasteiger partial charge >= 0.3 is 0 Å². The van der Waals surface area contributed by atoms with Crippen LogP contribution in [0, 0.1) is 0 Å². The third-order valence-electron chi connectivity index (χ3n) is 3.08. The van der Waals surface area contributed by atoms with Gasteiger partial charge in [0.2, 0.25) is 0 Å². The molecule has 1 aliphatic rings. The van der Waals surface area contributed by atoms with Crippen LogP contribution < -0.4 is 10.5 Å².